The van der Waals surface area contributed by atoms with Gasteiger partial charge in [0.15, 0.2) is 11.7 Å². The molecule has 0 aromatic carbocycles. The lowest BCUT2D eigenvalue weighted by molar-refractivity contribution is 0.397. The predicted octanol–water partition coefficient (Wildman–Crippen LogP) is 0.302. The number of hydrogen-bond donors (Lipinski definition) is 2. The highest BCUT2D eigenvalue weighted by molar-refractivity contribution is 7.98. The maximum Gasteiger partial charge on any atom is 0.367 e. The van der Waals surface area contributed by atoms with E-state index in [4.69, 9.17) is 0 Å². The van der Waals surface area contributed by atoms with E-state index < -0.39 is 10.2 Å². The molecule has 1 aromatic rings. The highest BCUT2D eigenvalue weighted by Crippen LogP contribution is 2.17. The van der Waals surface area contributed by atoms with Crippen LogP contribution in [-0.2, 0) is 22.5 Å². The topological polar surface area (TPSA) is 99.0 Å². The molecule has 128 valence electrons. The van der Waals surface area contributed by atoms with Crippen LogP contribution >= 0.6 is 23.1 Å². The van der Waals surface area contributed by atoms with Crippen molar-refractivity contribution in [3.8, 4) is 0 Å². The summed E-state index contributed by atoms with van der Waals surface area (Å²) < 4.78 is 29.6. The quantitative estimate of drug-likeness (QED) is 0.661. The molecule has 2 rings (SSSR count). The van der Waals surface area contributed by atoms with E-state index in [1.165, 1.54) is 0 Å². The SMILES string of the molecule is CNC1=NS(=O)(=O)N=C1NCCSCc1nc(CN(C)C)cs1. The monoisotopic (exact) mass is 376 g/mol. The van der Waals surface area contributed by atoms with Crippen molar-refractivity contribution in [2.75, 3.05) is 33.4 Å². The first-order chi connectivity index (χ1) is 10.9. The van der Waals surface area contributed by atoms with Crippen LogP contribution in [0.5, 0.6) is 0 Å². The normalized spacial score (nSPS) is 16.3. The minimum atomic E-state index is -3.72. The van der Waals surface area contributed by atoms with E-state index in [0.29, 0.717) is 6.54 Å². The molecule has 0 unspecified atom stereocenters. The molecule has 0 atom stereocenters. The van der Waals surface area contributed by atoms with Crippen molar-refractivity contribution in [2.24, 2.45) is 8.80 Å². The van der Waals surface area contributed by atoms with Gasteiger partial charge in [-0.25, -0.2) is 4.98 Å². The van der Waals surface area contributed by atoms with Gasteiger partial charge in [0, 0.05) is 37.0 Å². The van der Waals surface area contributed by atoms with Crippen molar-refractivity contribution in [1.29, 1.82) is 0 Å². The molecule has 1 aliphatic heterocycles. The van der Waals surface area contributed by atoms with Crippen molar-refractivity contribution in [1.82, 2.24) is 20.5 Å². The van der Waals surface area contributed by atoms with E-state index in [1.807, 2.05) is 14.1 Å². The summed E-state index contributed by atoms with van der Waals surface area (Å²) in [6.07, 6.45) is 0. The highest BCUT2D eigenvalue weighted by Gasteiger charge is 2.22. The summed E-state index contributed by atoms with van der Waals surface area (Å²) in [7, 11) is 1.94. The number of nitrogens with zero attached hydrogens (tertiary/aromatic N) is 4. The van der Waals surface area contributed by atoms with E-state index >= 15 is 0 Å². The molecule has 8 nitrogen and oxygen atoms in total. The van der Waals surface area contributed by atoms with Crippen LogP contribution in [0.1, 0.15) is 10.7 Å². The van der Waals surface area contributed by atoms with E-state index in [1.54, 1.807) is 30.1 Å². The van der Waals surface area contributed by atoms with Gasteiger partial charge < -0.3 is 15.5 Å². The smallest absolute Gasteiger partial charge is 0.367 e. The second kappa shape index (κ2) is 8.08. The summed E-state index contributed by atoms with van der Waals surface area (Å²) in [5.74, 6) is 2.19. The Morgan fingerprint density at radius 2 is 2.04 bits per heavy atom. The van der Waals surface area contributed by atoms with Crippen LogP contribution in [0.25, 0.3) is 0 Å². The van der Waals surface area contributed by atoms with Crippen LogP contribution in [0.4, 0.5) is 0 Å². The summed E-state index contributed by atoms with van der Waals surface area (Å²) in [5.41, 5.74) is 1.09. The third kappa shape index (κ3) is 5.75. The van der Waals surface area contributed by atoms with Crippen LogP contribution in [-0.4, -0.2) is 63.4 Å². The molecule has 1 aliphatic rings. The minimum Gasteiger partial charge on any atom is -0.369 e. The molecule has 0 radical (unpaired) electrons. The van der Waals surface area contributed by atoms with Gasteiger partial charge in [0.2, 0.25) is 0 Å². The largest absolute Gasteiger partial charge is 0.369 e. The summed E-state index contributed by atoms with van der Waals surface area (Å²) in [5, 5.41) is 8.89. The average Bonchev–Trinajstić information content (AvgIpc) is 3.01. The van der Waals surface area contributed by atoms with Gasteiger partial charge >= 0.3 is 10.2 Å². The van der Waals surface area contributed by atoms with Crippen LogP contribution in [0.3, 0.4) is 0 Å². The summed E-state index contributed by atoms with van der Waals surface area (Å²) in [6, 6.07) is 0. The first-order valence-electron chi connectivity index (χ1n) is 6.92. The fourth-order valence-electron chi connectivity index (χ4n) is 1.83. The lowest BCUT2D eigenvalue weighted by Crippen LogP contribution is -2.37. The van der Waals surface area contributed by atoms with Gasteiger partial charge in [0.05, 0.1) is 5.69 Å². The van der Waals surface area contributed by atoms with Gasteiger partial charge in [-0.05, 0) is 14.1 Å². The molecule has 0 spiro atoms. The number of aromatic nitrogens is 1. The Kier molecular flexibility index (Phi) is 6.39. The lowest BCUT2D eigenvalue weighted by atomic mass is 10.5. The van der Waals surface area contributed by atoms with Crippen molar-refractivity contribution in [3.63, 3.8) is 0 Å². The second-order valence-electron chi connectivity index (χ2n) is 5.03. The molecule has 0 aliphatic carbocycles. The number of likely N-dealkylation sites (N-methyl/N-ethyl adjacent to an activating group) is 1. The molecule has 0 saturated heterocycles. The Morgan fingerprint density at radius 1 is 1.30 bits per heavy atom. The van der Waals surface area contributed by atoms with E-state index in [2.05, 4.69) is 34.7 Å². The third-order valence-corrected chi connectivity index (χ3v) is 5.59. The summed E-state index contributed by atoms with van der Waals surface area (Å²) in [6.45, 7) is 1.46. The number of hydrogen-bond acceptors (Lipinski definition) is 8. The molecule has 0 amide bonds. The Morgan fingerprint density at radius 3 is 2.74 bits per heavy atom. The van der Waals surface area contributed by atoms with Crippen molar-refractivity contribution >= 4 is 45.0 Å². The minimum absolute atomic E-state index is 0.253. The third-order valence-electron chi connectivity index (χ3n) is 2.72. The number of thiazole rings is 1. The number of rotatable bonds is 7. The van der Waals surface area contributed by atoms with Gasteiger partial charge in [-0.1, -0.05) is 0 Å². The average molecular weight is 377 g/mol. The van der Waals surface area contributed by atoms with Gasteiger partial charge in [-0.2, -0.15) is 20.2 Å². The van der Waals surface area contributed by atoms with Crippen LogP contribution in [0.15, 0.2) is 14.2 Å². The van der Waals surface area contributed by atoms with Crippen molar-refractivity contribution in [2.45, 2.75) is 12.3 Å². The zero-order valence-electron chi connectivity index (χ0n) is 13.2. The number of nitrogens with one attached hydrogen (secondary N) is 2. The second-order valence-corrected chi connectivity index (χ2v) is 8.34. The maximum atomic E-state index is 11.3. The molecule has 2 N–H and O–H groups in total. The number of amidine groups is 2. The summed E-state index contributed by atoms with van der Waals surface area (Å²) >= 11 is 3.41. The van der Waals surface area contributed by atoms with Crippen LogP contribution in [0, 0.1) is 0 Å². The Balaban J connectivity index is 1.70. The molecule has 2 heterocycles. The van der Waals surface area contributed by atoms with Gasteiger partial charge in [0.25, 0.3) is 0 Å². The molecule has 11 heteroatoms. The lowest BCUT2D eigenvalue weighted by Gasteiger charge is -2.06. The van der Waals surface area contributed by atoms with Crippen molar-refractivity contribution in [3.05, 3.63) is 16.1 Å². The fourth-order valence-corrected chi connectivity index (χ4v) is 4.38. The molecule has 0 saturated carbocycles. The molecule has 1 aromatic heterocycles. The predicted molar refractivity (Wildman–Crippen MR) is 96.5 cm³/mol. The molecular formula is C12H20N6O2S3. The molecule has 0 bridgehead atoms. The van der Waals surface area contributed by atoms with Crippen LogP contribution < -0.4 is 10.6 Å². The Bertz CT molecular complexity index is 695. The Labute approximate surface area is 144 Å². The van der Waals surface area contributed by atoms with E-state index in [0.717, 1.165) is 28.8 Å². The van der Waals surface area contributed by atoms with Gasteiger partial charge in [-0.3, -0.25) is 0 Å². The maximum absolute atomic E-state index is 11.3. The zero-order valence-corrected chi connectivity index (χ0v) is 15.7. The molecule has 0 fully saturated rings. The van der Waals surface area contributed by atoms with E-state index in [-0.39, 0.29) is 11.7 Å². The highest BCUT2D eigenvalue weighted by atomic mass is 32.2. The Hall–Kier alpha value is -1.17. The van der Waals surface area contributed by atoms with Crippen LogP contribution in [0.2, 0.25) is 0 Å². The first-order valence-corrected chi connectivity index (χ1v) is 10.4. The summed E-state index contributed by atoms with van der Waals surface area (Å²) in [4.78, 5) is 6.66. The molecular weight excluding hydrogens is 356 g/mol. The molecule has 23 heavy (non-hydrogen) atoms. The fraction of sp³-hybridized carbons (Fsp3) is 0.583. The number of thioether (sulfide) groups is 1. The van der Waals surface area contributed by atoms with Gasteiger partial charge in [-0.15, -0.1) is 20.1 Å². The van der Waals surface area contributed by atoms with Crippen molar-refractivity contribution < 1.29 is 8.42 Å². The van der Waals surface area contributed by atoms with E-state index in [9.17, 15) is 8.42 Å². The first kappa shape index (κ1) is 18.2. The van der Waals surface area contributed by atoms with Gasteiger partial charge in [0.1, 0.15) is 5.01 Å². The zero-order chi connectivity index (χ0) is 16.9. The standard InChI is InChI=1S/C12H20N6O2S3/c1-13-11-12(17-23(19,20)16-11)14-4-5-21-8-10-15-9(7-22-10)6-18(2)3/h7H,4-6,8H2,1-3H3,(H,13,16)(H,14,17).